The molecule has 0 radical (unpaired) electrons. The molecular weight excluding hydrogens is 280 g/mol. The number of aromatic nitrogens is 1. The molecule has 0 bridgehead atoms. The number of rotatable bonds is 2. The molecule has 0 saturated heterocycles. The number of nitrogens with zero attached hydrogens (tertiary/aromatic N) is 1. The van der Waals surface area contributed by atoms with Crippen molar-refractivity contribution in [3.05, 3.63) is 59.7 Å². The van der Waals surface area contributed by atoms with Crippen LogP contribution in [0.25, 0.3) is 22.2 Å². The van der Waals surface area contributed by atoms with Crippen LogP contribution in [0.4, 0.5) is 0 Å². The van der Waals surface area contributed by atoms with E-state index in [-0.39, 0.29) is 0 Å². The number of H-pyrrole nitrogens is 1. The molecule has 114 valence electrons. The zero-order valence-electron chi connectivity index (χ0n) is 13.2. The van der Waals surface area contributed by atoms with Crippen LogP contribution in [0.5, 0.6) is 0 Å². The highest BCUT2D eigenvalue weighted by Crippen LogP contribution is 2.42. The van der Waals surface area contributed by atoms with Crippen LogP contribution in [0, 0.1) is 11.3 Å². The number of nitriles is 1. The molecule has 1 aliphatic rings. The molecule has 2 aromatic carbocycles. The Morgan fingerprint density at radius 2 is 1.74 bits per heavy atom. The minimum atomic E-state index is 0.626. The van der Waals surface area contributed by atoms with Gasteiger partial charge in [-0.05, 0) is 42.0 Å². The average molecular weight is 300 g/mol. The molecule has 23 heavy (non-hydrogen) atoms. The molecule has 1 saturated carbocycles. The van der Waals surface area contributed by atoms with Crippen molar-refractivity contribution < 1.29 is 0 Å². The van der Waals surface area contributed by atoms with Gasteiger partial charge in [-0.3, -0.25) is 0 Å². The van der Waals surface area contributed by atoms with Crippen LogP contribution in [-0.2, 0) is 0 Å². The minimum absolute atomic E-state index is 0.626. The molecular formula is C21H20N2. The summed E-state index contributed by atoms with van der Waals surface area (Å²) in [7, 11) is 0. The first-order chi connectivity index (χ1) is 11.4. The van der Waals surface area contributed by atoms with Crippen LogP contribution in [0.2, 0.25) is 0 Å². The third kappa shape index (κ3) is 2.53. The van der Waals surface area contributed by atoms with Gasteiger partial charge in [-0.15, -0.1) is 0 Å². The highest BCUT2D eigenvalue weighted by atomic mass is 14.7. The zero-order valence-corrected chi connectivity index (χ0v) is 13.2. The number of benzene rings is 2. The van der Waals surface area contributed by atoms with E-state index in [4.69, 9.17) is 0 Å². The Morgan fingerprint density at radius 3 is 2.48 bits per heavy atom. The van der Waals surface area contributed by atoms with E-state index in [1.165, 1.54) is 54.3 Å². The first kappa shape index (κ1) is 14.1. The van der Waals surface area contributed by atoms with Crippen molar-refractivity contribution in [2.75, 3.05) is 0 Å². The molecule has 2 nitrogen and oxygen atoms in total. The second-order valence-electron chi connectivity index (χ2n) is 6.49. The monoisotopic (exact) mass is 300 g/mol. The first-order valence-electron chi connectivity index (χ1n) is 8.48. The number of fused-ring (bicyclic) bond motifs is 1. The summed E-state index contributed by atoms with van der Waals surface area (Å²) in [4.78, 5) is 3.60. The van der Waals surface area contributed by atoms with Crippen molar-refractivity contribution in [3.63, 3.8) is 0 Å². The summed E-state index contributed by atoms with van der Waals surface area (Å²) in [5, 5.41) is 10.5. The zero-order chi connectivity index (χ0) is 15.6. The lowest BCUT2D eigenvalue weighted by atomic mass is 9.82. The Balaban J connectivity index is 1.94. The van der Waals surface area contributed by atoms with Gasteiger partial charge >= 0.3 is 0 Å². The van der Waals surface area contributed by atoms with E-state index in [1.54, 1.807) is 0 Å². The van der Waals surface area contributed by atoms with Gasteiger partial charge in [-0.1, -0.05) is 55.7 Å². The van der Waals surface area contributed by atoms with Crippen molar-refractivity contribution >= 4 is 10.9 Å². The molecule has 2 heteroatoms. The van der Waals surface area contributed by atoms with Gasteiger partial charge in [0.2, 0.25) is 0 Å². The number of aromatic amines is 1. The number of nitrogens with one attached hydrogen (secondary N) is 1. The number of hydrogen-bond acceptors (Lipinski definition) is 1. The van der Waals surface area contributed by atoms with Crippen molar-refractivity contribution in [3.8, 4) is 17.3 Å². The molecule has 1 N–H and O–H groups in total. The summed E-state index contributed by atoms with van der Waals surface area (Å²) in [6.45, 7) is 0. The summed E-state index contributed by atoms with van der Waals surface area (Å²) in [5.74, 6) is 0.626. The molecule has 0 unspecified atom stereocenters. The number of hydrogen-bond donors (Lipinski definition) is 1. The van der Waals surface area contributed by atoms with E-state index in [1.807, 2.05) is 12.1 Å². The molecule has 4 rings (SSSR count). The Labute approximate surface area is 136 Å². The molecule has 1 aromatic heterocycles. The third-order valence-electron chi connectivity index (χ3n) is 5.04. The molecule has 1 aliphatic carbocycles. The summed E-state index contributed by atoms with van der Waals surface area (Å²) in [6, 6.07) is 18.9. The van der Waals surface area contributed by atoms with Gasteiger partial charge in [-0.2, -0.15) is 5.26 Å². The van der Waals surface area contributed by atoms with E-state index in [2.05, 4.69) is 47.5 Å². The summed E-state index contributed by atoms with van der Waals surface area (Å²) < 4.78 is 0. The topological polar surface area (TPSA) is 39.6 Å². The van der Waals surface area contributed by atoms with Crippen molar-refractivity contribution in [2.45, 2.75) is 38.0 Å². The van der Waals surface area contributed by atoms with E-state index in [0.717, 1.165) is 5.52 Å². The molecule has 0 spiro atoms. The highest BCUT2D eigenvalue weighted by molar-refractivity contribution is 5.92. The highest BCUT2D eigenvalue weighted by Gasteiger charge is 2.23. The van der Waals surface area contributed by atoms with Gasteiger partial charge in [-0.25, -0.2) is 0 Å². The maximum absolute atomic E-state index is 9.18. The first-order valence-corrected chi connectivity index (χ1v) is 8.48. The molecule has 0 amide bonds. The van der Waals surface area contributed by atoms with E-state index in [9.17, 15) is 5.26 Å². The molecule has 1 heterocycles. The molecule has 0 atom stereocenters. The van der Waals surface area contributed by atoms with Crippen LogP contribution in [-0.4, -0.2) is 4.98 Å². The van der Waals surface area contributed by atoms with Crippen LogP contribution in [0.3, 0.4) is 0 Å². The smallest absolute Gasteiger partial charge is 0.0992 e. The van der Waals surface area contributed by atoms with Crippen molar-refractivity contribution in [1.82, 2.24) is 4.98 Å². The Hall–Kier alpha value is -2.53. The van der Waals surface area contributed by atoms with E-state index < -0.39 is 0 Å². The second-order valence-corrected chi connectivity index (χ2v) is 6.49. The van der Waals surface area contributed by atoms with Crippen LogP contribution < -0.4 is 0 Å². The maximum atomic E-state index is 9.18. The van der Waals surface area contributed by atoms with Gasteiger partial charge in [0, 0.05) is 16.6 Å². The predicted octanol–water partition coefficient (Wildman–Crippen LogP) is 5.75. The van der Waals surface area contributed by atoms with Gasteiger partial charge in [0.1, 0.15) is 0 Å². The average Bonchev–Trinajstić information content (AvgIpc) is 3.01. The van der Waals surface area contributed by atoms with Gasteiger partial charge in [0.25, 0.3) is 0 Å². The quantitative estimate of drug-likeness (QED) is 0.642. The SMILES string of the molecule is N#Cc1ccc2c(C3CCCCC3)c(-c3ccccc3)[nH]c2c1. The largest absolute Gasteiger partial charge is 0.354 e. The lowest BCUT2D eigenvalue weighted by Gasteiger charge is -2.23. The van der Waals surface area contributed by atoms with Crippen molar-refractivity contribution in [2.24, 2.45) is 0 Å². The molecule has 0 aliphatic heterocycles. The van der Waals surface area contributed by atoms with Crippen molar-refractivity contribution in [1.29, 1.82) is 5.26 Å². The molecule has 1 fully saturated rings. The fraction of sp³-hybridized carbons (Fsp3) is 0.286. The lowest BCUT2D eigenvalue weighted by Crippen LogP contribution is -2.05. The normalized spacial score (nSPS) is 15.6. The predicted molar refractivity (Wildman–Crippen MR) is 94.3 cm³/mol. The van der Waals surface area contributed by atoms with E-state index >= 15 is 0 Å². The van der Waals surface area contributed by atoms with Gasteiger partial charge < -0.3 is 4.98 Å². The second kappa shape index (κ2) is 5.93. The Bertz CT molecular complexity index is 862. The summed E-state index contributed by atoms with van der Waals surface area (Å²) in [5.41, 5.74) is 5.73. The van der Waals surface area contributed by atoms with Crippen LogP contribution in [0.15, 0.2) is 48.5 Å². The standard InChI is InChI=1S/C21H20N2/c22-14-15-11-12-18-19(13-15)23-21(17-9-5-2-6-10-17)20(18)16-7-3-1-4-8-16/h2,5-6,9-13,16,23H,1,3-4,7-8H2. The maximum Gasteiger partial charge on any atom is 0.0992 e. The third-order valence-corrected chi connectivity index (χ3v) is 5.04. The Morgan fingerprint density at radius 1 is 0.957 bits per heavy atom. The lowest BCUT2D eigenvalue weighted by molar-refractivity contribution is 0.446. The fourth-order valence-corrected chi connectivity index (χ4v) is 3.94. The van der Waals surface area contributed by atoms with Crippen LogP contribution >= 0.6 is 0 Å². The fourth-order valence-electron chi connectivity index (χ4n) is 3.94. The Kier molecular flexibility index (Phi) is 3.63. The van der Waals surface area contributed by atoms with Gasteiger partial charge in [0.05, 0.1) is 11.6 Å². The summed E-state index contributed by atoms with van der Waals surface area (Å²) >= 11 is 0. The van der Waals surface area contributed by atoms with Crippen LogP contribution in [0.1, 0.15) is 49.1 Å². The minimum Gasteiger partial charge on any atom is -0.354 e. The molecule has 3 aromatic rings. The van der Waals surface area contributed by atoms with Gasteiger partial charge in [0.15, 0.2) is 0 Å². The summed E-state index contributed by atoms with van der Waals surface area (Å²) in [6.07, 6.45) is 6.54. The van der Waals surface area contributed by atoms with E-state index in [0.29, 0.717) is 11.5 Å².